The van der Waals surface area contributed by atoms with Crippen molar-refractivity contribution in [2.75, 3.05) is 7.11 Å². The van der Waals surface area contributed by atoms with Crippen LogP contribution < -0.4 is 4.74 Å². The van der Waals surface area contributed by atoms with Gasteiger partial charge < -0.3 is 9.84 Å². The minimum Gasteiger partial charge on any atom is -0.507 e. The molecule has 98 valence electrons. The second-order valence-corrected chi connectivity index (χ2v) is 4.20. The first-order valence-corrected chi connectivity index (χ1v) is 5.71. The molecule has 0 amide bonds. The molecule has 19 heavy (non-hydrogen) atoms. The van der Waals surface area contributed by atoms with Crippen LogP contribution in [0.2, 0.25) is 0 Å². The fourth-order valence-electron chi connectivity index (χ4n) is 1.84. The normalized spacial score (nSPS) is 10.3. The topological polar surface area (TPSA) is 46.5 Å². The number of halogens is 1. The summed E-state index contributed by atoms with van der Waals surface area (Å²) in [6, 6.07) is 8.85. The Labute approximate surface area is 110 Å². The van der Waals surface area contributed by atoms with Gasteiger partial charge in [-0.25, -0.2) is 4.39 Å². The van der Waals surface area contributed by atoms with E-state index >= 15 is 0 Å². The van der Waals surface area contributed by atoms with Crippen molar-refractivity contribution in [1.82, 2.24) is 0 Å². The summed E-state index contributed by atoms with van der Waals surface area (Å²) in [5, 5.41) is 9.72. The first-order chi connectivity index (χ1) is 9.02. The zero-order chi connectivity index (χ0) is 14.0. The number of phenols is 1. The summed E-state index contributed by atoms with van der Waals surface area (Å²) < 4.78 is 18.8. The summed E-state index contributed by atoms with van der Waals surface area (Å²) >= 11 is 0. The number of hydrogen-bond donors (Lipinski definition) is 1. The van der Waals surface area contributed by atoms with Gasteiger partial charge in [0.2, 0.25) is 0 Å². The van der Waals surface area contributed by atoms with Crippen LogP contribution in [0.15, 0.2) is 36.4 Å². The lowest BCUT2D eigenvalue weighted by Gasteiger charge is -2.07. The second-order valence-electron chi connectivity index (χ2n) is 4.20. The second kappa shape index (κ2) is 5.10. The number of aromatic hydroxyl groups is 1. The van der Waals surface area contributed by atoms with Gasteiger partial charge in [0.25, 0.3) is 0 Å². The molecule has 0 unspecified atom stereocenters. The van der Waals surface area contributed by atoms with Crippen molar-refractivity contribution in [3.8, 4) is 11.5 Å². The third kappa shape index (κ3) is 2.57. The molecule has 2 aromatic rings. The Kier molecular flexibility index (Phi) is 3.51. The minimum absolute atomic E-state index is 0.291. The lowest BCUT2D eigenvalue weighted by molar-refractivity contribution is 0.103. The Morgan fingerprint density at radius 1 is 1.21 bits per heavy atom. The molecule has 0 atom stereocenters. The third-order valence-electron chi connectivity index (χ3n) is 2.79. The molecule has 0 spiro atoms. The van der Waals surface area contributed by atoms with Crippen LogP contribution in [0.5, 0.6) is 11.5 Å². The van der Waals surface area contributed by atoms with E-state index in [2.05, 4.69) is 0 Å². The summed E-state index contributed by atoms with van der Waals surface area (Å²) in [5.41, 5.74) is 0.538. The molecule has 1 N–H and O–H groups in total. The molecule has 0 aliphatic rings. The van der Waals surface area contributed by atoms with Crippen molar-refractivity contribution in [3.63, 3.8) is 0 Å². The maximum absolute atomic E-state index is 13.8. The number of ether oxygens (including phenoxy) is 1. The monoisotopic (exact) mass is 260 g/mol. The Hall–Kier alpha value is -2.36. The van der Waals surface area contributed by atoms with Gasteiger partial charge in [0, 0.05) is 5.56 Å². The van der Waals surface area contributed by atoms with Crippen molar-refractivity contribution in [2.24, 2.45) is 0 Å². The van der Waals surface area contributed by atoms with E-state index in [0.29, 0.717) is 16.9 Å². The molecule has 4 heteroatoms. The van der Waals surface area contributed by atoms with Crippen molar-refractivity contribution in [3.05, 3.63) is 58.9 Å². The molecule has 0 heterocycles. The van der Waals surface area contributed by atoms with E-state index in [1.807, 2.05) is 0 Å². The summed E-state index contributed by atoms with van der Waals surface area (Å²) in [6.07, 6.45) is 0. The van der Waals surface area contributed by atoms with E-state index in [0.717, 1.165) is 0 Å². The highest BCUT2D eigenvalue weighted by Gasteiger charge is 2.19. The number of rotatable bonds is 3. The molecule has 0 fully saturated rings. The number of carbonyl (C=O) groups is 1. The number of carbonyl (C=O) groups excluding carboxylic acids is 1. The first-order valence-electron chi connectivity index (χ1n) is 5.71. The quantitative estimate of drug-likeness (QED) is 0.863. The Morgan fingerprint density at radius 3 is 2.37 bits per heavy atom. The number of ketones is 1. The van der Waals surface area contributed by atoms with Gasteiger partial charge >= 0.3 is 0 Å². The van der Waals surface area contributed by atoms with E-state index in [9.17, 15) is 14.3 Å². The maximum Gasteiger partial charge on any atom is 0.199 e. The van der Waals surface area contributed by atoms with Gasteiger partial charge in [-0.15, -0.1) is 0 Å². The van der Waals surface area contributed by atoms with Gasteiger partial charge in [-0.2, -0.15) is 0 Å². The lowest BCUT2D eigenvalue weighted by atomic mass is 10.0. The highest BCUT2D eigenvalue weighted by atomic mass is 19.1. The van der Waals surface area contributed by atoms with E-state index in [4.69, 9.17) is 4.74 Å². The molecule has 0 aliphatic heterocycles. The van der Waals surface area contributed by atoms with Crippen LogP contribution in [0.4, 0.5) is 4.39 Å². The molecule has 0 radical (unpaired) electrons. The molecule has 0 saturated carbocycles. The van der Waals surface area contributed by atoms with E-state index in [1.165, 1.54) is 31.4 Å². The van der Waals surface area contributed by atoms with Gasteiger partial charge in [0.1, 0.15) is 17.3 Å². The maximum atomic E-state index is 13.8. The highest BCUT2D eigenvalue weighted by Crippen LogP contribution is 2.25. The van der Waals surface area contributed by atoms with E-state index in [-0.39, 0.29) is 11.3 Å². The standard InChI is InChI=1S/C15H13FO3/c1-9-7-12(16)14(13(17)8-9)15(18)10-3-5-11(19-2)6-4-10/h3-8,17H,1-2H3. The van der Waals surface area contributed by atoms with Gasteiger partial charge in [-0.05, 0) is 48.9 Å². The average Bonchev–Trinajstić information content (AvgIpc) is 2.37. The third-order valence-corrected chi connectivity index (χ3v) is 2.79. The lowest BCUT2D eigenvalue weighted by Crippen LogP contribution is -2.05. The summed E-state index contributed by atoms with van der Waals surface area (Å²) in [5.74, 6) is -1.03. The van der Waals surface area contributed by atoms with E-state index < -0.39 is 11.6 Å². The molecule has 3 nitrogen and oxygen atoms in total. The minimum atomic E-state index is -0.724. The van der Waals surface area contributed by atoms with Crippen molar-refractivity contribution in [1.29, 1.82) is 0 Å². The van der Waals surface area contributed by atoms with Crippen molar-refractivity contribution < 1.29 is 19.0 Å². The molecular weight excluding hydrogens is 247 g/mol. The molecule has 2 rings (SSSR count). The predicted molar refractivity (Wildman–Crippen MR) is 69.2 cm³/mol. The van der Waals surface area contributed by atoms with Crippen LogP contribution in [0.25, 0.3) is 0 Å². The number of phenolic OH excluding ortho intramolecular Hbond substituents is 1. The summed E-state index contributed by atoms with van der Waals surface area (Å²) in [7, 11) is 1.52. The van der Waals surface area contributed by atoms with Crippen molar-refractivity contribution in [2.45, 2.75) is 6.92 Å². The van der Waals surface area contributed by atoms with Gasteiger partial charge in [0.05, 0.1) is 12.7 Å². The fraction of sp³-hybridized carbons (Fsp3) is 0.133. The predicted octanol–water partition coefficient (Wildman–Crippen LogP) is 3.08. The molecule has 0 saturated heterocycles. The van der Waals surface area contributed by atoms with Crippen LogP contribution in [-0.2, 0) is 0 Å². The molecule has 0 bridgehead atoms. The zero-order valence-electron chi connectivity index (χ0n) is 10.6. The van der Waals surface area contributed by atoms with Crippen LogP contribution in [0, 0.1) is 12.7 Å². The number of methoxy groups -OCH3 is 1. The highest BCUT2D eigenvalue weighted by molar-refractivity contribution is 6.10. The molecule has 0 aromatic heterocycles. The largest absolute Gasteiger partial charge is 0.507 e. The Bertz CT molecular complexity index is 595. The fourth-order valence-corrected chi connectivity index (χ4v) is 1.84. The van der Waals surface area contributed by atoms with Crippen LogP contribution in [0.1, 0.15) is 21.5 Å². The van der Waals surface area contributed by atoms with Crippen LogP contribution in [0.3, 0.4) is 0 Å². The smallest absolute Gasteiger partial charge is 0.199 e. The number of aryl methyl sites for hydroxylation is 1. The Morgan fingerprint density at radius 2 is 1.84 bits per heavy atom. The Balaban J connectivity index is 2.44. The van der Waals surface area contributed by atoms with Gasteiger partial charge in [-0.3, -0.25) is 4.79 Å². The van der Waals surface area contributed by atoms with Crippen LogP contribution in [-0.4, -0.2) is 18.0 Å². The number of hydrogen-bond acceptors (Lipinski definition) is 3. The number of benzene rings is 2. The summed E-state index contributed by atoms with van der Waals surface area (Å²) in [4.78, 5) is 12.2. The van der Waals surface area contributed by atoms with Gasteiger partial charge in [-0.1, -0.05) is 0 Å². The molecule has 0 aliphatic carbocycles. The van der Waals surface area contributed by atoms with Crippen LogP contribution >= 0.6 is 0 Å². The van der Waals surface area contributed by atoms with Gasteiger partial charge in [0.15, 0.2) is 5.78 Å². The summed E-state index contributed by atoms with van der Waals surface area (Å²) in [6.45, 7) is 1.64. The first kappa shape index (κ1) is 13.1. The molecular formula is C15H13FO3. The average molecular weight is 260 g/mol. The zero-order valence-corrected chi connectivity index (χ0v) is 10.6. The molecule has 2 aromatic carbocycles. The van der Waals surface area contributed by atoms with E-state index in [1.54, 1.807) is 19.1 Å². The SMILES string of the molecule is COc1ccc(C(=O)c2c(O)cc(C)cc2F)cc1. The van der Waals surface area contributed by atoms with Crippen molar-refractivity contribution >= 4 is 5.78 Å².